The van der Waals surface area contributed by atoms with Gasteiger partial charge in [-0.3, -0.25) is 0 Å². The number of aromatic nitrogens is 1. The average molecular weight is 438 g/mol. The van der Waals surface area contributed by atoms with Crippen LogP contribution in [0.4, 0.5) is 0 Å². The summed E-state index contributed by atoms with van der Waals surface area (Å²) >= 11 is 1.70. The maximum Gasteiger partial charge on any atom is 0.191 e. The van der Waals surface area contributed by atoms with Gasteiger partial charge in [-0.05, 0) is 20.3 Å². The monoisotopic (exact) mass is 438 g/mol. The molecule has 0 bridgehead atoms. The number of rotatable bonds is 5. The van der Waals surface area contributed by atoms with Crippen LogP contribution in [-0.4, -0.2) is 36.7 Å². The third-order valence-electron chi connectivity index (χ3n) is 4.18. The highest BCUT2D eigenvalue weighted by Crippen LogP contribution is 2.42. The number of nitrogens with one attached hydrogen (secondary N) is 2. The van der Waals surface area contributed by atoms with Gasteiger partial charge in [0.25, 0.3) is 0 Å². The molecule has 2 N–H and O–H groups in total. The van der Waals surface area contributed by atoms with Crippen molar-refractivity contribution in [2.45, 2.75) is 52.8 Å². The maximum absolute atomic E-state index is 5.50. The van der Waals surface area contributed by atoms with Crippen molar-refractivity contribution < 1.29 is 4.74 Å². The van der Waals surface area contributed by atoms with E-state index in [0.29, 0.717) is 18.7 Å². The van der Waals surface area contributed by atoms with Gasteiger partial charge in [0.15, 0.2) is 5.96 Å². The predicted octanol–water partition coefficient (Wildman–Crippen LogP) is 2.94. The van der Waals surface area contributed by atoms with Crippen molar-refractivity contribution in [3.05, 3.63) is 16.1 Å². The smallest absolute Gasteiger partial charge is 0.191 e. The van der Waals surface area contributed by atoms with Gasteiger partial charge in [0.1, 0.15) is 0 Å². The molecule has 0 radical (unpaired) electrons. The predicted molar refractivity (Wildman–Crippen MR) is 103 cm³/mol. The second-order valence-electron chi connectivity index (χ2n) is 6.02. The number of hydrogen-bond acceptors (Lipinski definition) is 4. The van der Waals surface area contributed by atoms with E-state index in [-0.39, 0.29) is 29.4 Å². The Morgan fingerprint density at radius 2 is 2.27 bits per heavy atom. The van der Waals surface area contributed by atoms with Crippen molar-refractivity contribution in [3.63, 3.8) is 0 Å². The lowest BCUT2D eigenvalue weighted by Gasteiger charge is -2.51. The SMILES string of the molecule is CCNC(=NCc1cnc(C)s1)NC1CC(OC)C1(C)C.I. The lowest BCUT2D eigenvalue weighted by Crippen LogP contribution is -2.63. The molecule has 0 aliphatic heterocycles. The number of methoxy groups -OCH3 is 1. The molecule has 126 valence electrons. The van der Waals surface area contributed by atoms with E-state index in [1.54, 1.807) is 18.4 Å². The number of hydrogen-bond donors (Lipinski definition) is 2. The van der Waals surface area contributed by atoms with Gasteiger partial charge >= 0.3 is 0 Å². The molecule has 0 saturated heterocycles. The zero-order valence-corrected chi connectivity index (χ0v) is 17.1. The van der Waals surface area contributed by atoms with Gasteiger partial charge in [0, 0.05) is 36.2 Å². The Morgan fingerprint density at radius 1 is 1.55 bits per heavy atom. The van der Waals surface area contributed by atoms with E-state index in [9.17, 15) is 0 Å². The van der Waals surface area contributed by atoms with E-state index in [1.165, 1.54) is 4.88 Å². The van der Waals surface area contributed by atoms with Crippen LogP contribution in [0.2, 0.25) is 0 Å². The first-order valence-corrected chi connectivity index (χ1v) is 8.28. The molecule has 1 heterocycles. The Labute approximate surface area is 154 Å². The van der Waals surface area contributed by atoms with Crippen molar-refractivity contribution in [3.8, 4) is 0 Å². The van der Waals surface area contributed by atoms with Gasteiger partial charge in [-0.1, -0.05) is 13.8 Å². The quantitative estimate of drug-likeness (QED) is 0.422. The van der Waals surface area contributed by atoms with Crippen molar-refractivity contribution in [1.29, 1.82) is 0 Å². The molecule has 2 unspecified atom stereocenters. The second-order valence-corrected chi connectivity index (χ2v) is 7.34. The van der Waals surface area contributed by atoms with E-state index in [2.05, 4.69) is 41.4 Å². The van der Waals surface area contributed by atoms with Gasteiger partial charge in [-0.2, -0.15) is 0 Å². The summed E-state index contributed by atoms with van der Waals surface area (Å²) in [5, 5.41) is 7.93. The Hall–Kier alpha value is -0.410. The summed E-state index contributed by atoms with van der Waals surface area (Å²) < 4.78 is 5.50. The second kappa shape index (κ2) is 8.44. The molecule has 1 saturated carbocycles. The zero-order valence-electron chi connectivity index (χ0n) is 14.0. The Balaban J connectivity index is 0.00000242. The summed E-state index contributed by atoms with van der Waals surface area (Å²) in [4.78, 5) is 10.1. The molecule has 1 fully saturated rings. The summed E-state index contributed by atoms with van der Waals surface area (Å²) in [5.74, 6) is 0.871. The lowest BCUT2D eigenvalue weighted by molar-refractivity contribution is -0.0922. The molecule has 1 aliphatic rings. The average Bonchev–Trinajstić information content (AvgIpc) is 2.85. The number of guanidine groups is 1. The van der Waals surface area contributed by atoms with E-state index in [4.69, 9.17) is 4.74 Å². The number of aryl methyl sites for hydroxylation is 1. The molecule has 2 atom stereocenters. The fraction of sp³-hybridized carbons (Fsp3) is 0.733. The van der Waals surface area contributed by atoms with Crippen LogP contribution in [-0.2, 0) is 11.3 Å². The summed E-state index contributed by atoms with van der Waals surface area (Å²) in [6.45, 7) is 10.1. The third-order valence-corrected chi connectivity index (χ3v) is 5.08. The van der Waals surface area contributed by atoms with Crippen LogP contribution in [0.1, 0.15) is 37.1 Å². The lowest BCUT2D eigenvalue weighted by atomic mass is 9.64. The number of ether oxygens (including phenoxy) is 1. The molecule has 2 rings (SSSR count). The first-order chi connectivity index (χ1) is 9.97. The Morgan fingerprint density at radius 3 is 2.77 bits per heavy atom. The van der Waals surface area contributed by atoms with Crippen molar-refractivity contribution in [2.24, 2.45) is 10.4 Å². The maximum atomic E-state index is 5.50. The van der Waals surface area contributed by atoms with E-state index < -0.39 is 0 Å². The fourth-order valence-electron chi connectivity index (χ4n) is 2.65. The minimum absolute atomic E-state index is 0. The van der Waals surface area contributed by atoms with E-state index in [0.717, 1.165) is 23.9 Å². The molecular formula is C15H27IN4OS. The molecule has 22 heavy (non-hydrogen) atoms. The molecule has 7 heteroatoms. The van der Waals surface area contributed by atoms with Gasteiger partial charge in [0.2, 0.25) is 0 Å². The zero-order chi connectivity index (χ0) is 15.5. The summed E-state index contributed by atoms with van der Waals surface area (Å²) in [6.07, 6.45) is 3.25. The molecular weight excluding hydrogens is 411 g/mol. The highest BCUT2D eigenvalue weighted by molar-refractivity contribution is 14.0. The van der Waals surface area contributed by atoms with Gasteiger partial charge in [-0.25, -0.2) is 9.98 Å². The van der Waals surface area contributed by atoms with Crippen molar-refractivity contribution in [1.82, 2.24) is 15.6 Å². The van der Waals surface area contributed by atoms with E-state index in [1.807, 2.05) is 13.1 Å². The Bertz CT molecular complexity index is 503. The molecule has 1 aliphatic carbocycles. The molecule has 0 amide bonds. The van der Waals surface area contributed by atoms with Crippen LogP contribution in [0.15, 0.2) is 11.2 Å². The number of aliphatic imine (C=N–C) groups is 1. The molecule has 5 nitrogen and oxygen atoms in total. The van der Waals surface area contributed by atoms with Gasteiger partial charge < -0.3 is 15.4 Å². The highest BCUT2D eigenvalue weighted by Gasteiger charge is 2.48. The standard InChI is InChI=1S/C15H26N4OS.HI/c1-6-16-14(18-9-11-8-17-10(2)21-11)19-12-7-13(20-5)15(12,3)4;/h8,12-13H,6-7,9H2,1-5H3,(H2,16,18,19);1H. The normalized spacial score (nSPS) is 23.4. The highest BCUT2D eigenvalue weighted by atomic mass is 127. The van der Waals surface area contributed by atoms with Gasteiger partial charge in [-0.15, -0.1) is 35.3 Å². The largest absolute Gasteiger partial charge is 0.381 e. The number of thiazole rings is 1. The van der Waals surface area contributed by atoms with Crippen LogP contribution < -0.4 is 10.6 Å². The van der Waals surface area contributed by atoms with E-state index >= 15 is 0 Å². The minimum atomic E-state index is 0. The first kappa shape index (κ1) is 19.6. The van der Waals surface area contributed by atoms with Crippen LogP contribution in [0.3, 0.4) is 0 Å². The molecule has 1 aromatic heterocycles. The van der Waals surface area contributed by atoms with Crippen LogP contribution >= 0.6 is 35.3 Å². The summed E-state index contributed by atoms with van der Waals surface area (Å²) in [5.41, 5.74) is 0.131. The molecule has 1 aromatic rings. The first-order valence-electron chi connectivity index (χ1n) is 7.46. The minimum Gasteiger partial charge on any atom is -0.381 e. The van der Waals surface area contributed by atoms with Crippen LogP contribution in [0.25, 0.3) is 0 Å². The number of nitrogens with zero attached hydrogens (tertiary/aromatic N) is 2. The van der Waals surface area contributed by atoms with Crippen molar-refractivity contribution in [2.75, 3.05) is 13.7 Å². The Kier molecular flexibility index (Phi) is 7.54. The summed E-state index contributed by atoms with van der Waals surface area (Å²) in [6, 6.07) is 0.392. The van der Waals surface area contributed by atoms with Crippen LogP contribution in [0, 0.1) is 12.3 Å². The number of halogens is 1. The molecule has 0 aromatic carbocycles. The third kappa shape index (κ3) is 4.55. The summed E-state index contributed by atoms with van der Waals surface area (Å²) in [7, 11) is 1.79. The molecule has 0 spiro atoms. The van der Waals surface area contributed by atoms with Gasteiger partial charge in [0.05, 0.1) is 17.7 Å². The topological polar surface area (TPSA) is 58.5 Å². The fourth-order valence-corrected chi connectivity index (χ4v) is 3.37. The van der Waals surface area contributed by atoms with Crippen molar-refractivity contribution >= 4 is 41.3 Å². The van der Waals surface area contributed by atoms with Crippen LogP contribution in [0.5, 0.6) is 0 Å².